The van der Waals surface area contributed by atoms with E-state index in [0.29, 0.717) is 25.2 Å². The van der Waals surface area contributed by atoms with Gasteiger partial charge in [-0.2, -0.15) is 4.31 Å². The number of sulfonamides is 1. The van der Waals surface area contributed by atoms with Gasteiger partial charge >= 0.3 is 5.97 Å². The quantitative estimate of drug-likeness (QED) is 0.655. The molecule has 0 radical (unpaired) electrons. The van der Waals surface area contributed by atoms with Gasteiger partial charge < -0.3 is 10.1 Å². The number of amides is 1. The van der Waals surface area contributed by atoms with Gasteiger partial charge in [0.25, 0.3) is 5.91 Å². The average Bonchev–Trinajstić information content (AvgIpc) is 3.26. The van der Waals surface area contributed by atoms with E-state index >= 15 is 0 Å². The maximum absolute atomic E-state index is 13.0. The van der Waals surface area contributed by atoms with Crippen LogP contribution < -0.4 is 5.32 Å². The lowest BCUT2D eigenvalue weighted by Crippen LogP contribution is -2.36. The Bertz CT molecular complexity index is 996. The Hall–Kier alpha value is -2.23. The zero-order chi connectivity index (χ0) is 21.7. The van der Waals surface area contributed by atoms with Crippen molar-refractivity contribution >= 4 is 33.2 Å². The summed E-state index contributed by atoms with van der Waals surface area (Å²) in [6.45, 7) is 4.52. The summed E-state index contributed by atoms with van der Waals surface area (Å²) in [6, 6.07) is 8.25. The van der Waals surface area contributed by atoms with Crippen molar-refractivity contribution in [1.29, 1.82) is 0 Å². The predicted molar refractivity (Wildman–Crippen MR) is 115 cm³/mol. The van der Waals surface area contributed by atoms with E-state index in [2.05, 4.69) is 5.32 Å². The predicted octanol–water partition coefficient (Wildman–Crippen LogP) is 3.09. The lowest BCUT2D eigenvalue weighted by atomic mass is 10.1. The van der Waals surface area contributed by atoms with Crippen LogP contribution in [-0.2, 0) is 26.1 Å². The van der Waals surface area contributed by atoms with Gasteiger partial charge in [-0.25, -0.2) is 13.2 Å². The minimum absolute atomic E-state index is 0.105. The van der Waals surface area contributed by atoms with Crippen LogP contribution in [0, 0.1) is 6.92 Å². The minimum atomic E-state index is -3.68. The Morgan fingerprint density at radius 3 is 2.60 bits per heavy atom. The second-order valence-corrected chi connectivity index (χ2v) is 10.2. The molecule has 0 aliphatic carbocycles. The van der Waals surface area contributed by atoms with Crippen LogP contribution in [0.25, 0.3) is 0 Å². The highest BCUT2D eigenvalue weighted by Gasteiger charge is 2.28. The summed E-state index contributed by atoms with van der Waals surface area (Å²) in [4.78, 5) is 25.9. The van der Waals surface area contributed by atoms with Crippen molar-refractivity contribution in [2.45, 2.75) is 50.7 Å². The summed E-state index contributed by atoms with van der Waals surface area (Å²) in [5.41, 5.74) is 0.674. The first-order valence-electron chi connectivity index (χ1n) is 9.91. The molecular weight excluding hydrogens is 424 g/mol. The smallest absolute Gasteiger partial charge is 0.338 e. The Balaban J connectivity index is 1.68. The molecule has 1 fully saturated rings. The molecule has 9 heteroatoms. The summed E-state index contributed by atoms with van der Waals surface area (Å²) in [6.07, 6.45) is 1.68. The number of rotatable bonds is 7. The van der Waals surface area contributed by atoms with E-state index in [1.165, 1.54) is 34.7 Å². The van der Waals surface area contributed by atoms with E-state index < -0.39 is 28.0 Å². The second-order valence-electron chi connectivity index (χ2n) is 7.29. The number of aryl methyl sites for hydroxylation is 1. The largest absolute Gasteiger partial charge is 0.449 e. The molecule has 1 saturated heterocycles. The highest BCUT2D eigenvalue weighted by atomic mass is 32.2. The van der Waals surface area contributed by atoms with Gasteiger partial charge in [0.2, 0.25) is 10.0 Å². The maximum Gasteiger partial charge on any atom is 0.338 e. The normalized spacial score (nSPS) is 16.1. The van der Waals surface area contributed by atoms with E-state index in [0.717, 1.165) is 24.1 Å². The van der Waals surface area contributed by atoms with Gasteiger partial charge in [0.05, 0.1) is 17.0 Å². The molecule has 0 spiro atoms. The lowest BCUT2D eigenvalue weighted by Gasteiger charge is -2.26. The molecule has 1 unspecified atom stereocenters. The summed E-state index contributed by atoms with van der Waals surface area (Å²) in [5.74, 6) is -1.14. The Morgan fingerprint density at radius 1 is 1.20 bits per heavy atom. The molecule has 0 bridgehead atoms. The summed E-state index contributed by atoms with van der Waals surface area (Å²) < 4.78 is 32.8. The molecule has 2 aromatic rings. The van der Waals surface area contributed by atoms with E-state index in [-0.39, 0.29) is 10.5 Å². The number of benzene rings is 1. The summed E-state index contributed by atoms with van der Waals surface area (Å²) in [5, 5.41) is 4.64. The molecule has 1 atom stereocenters. The first-order valence-corrected chi connectivity index (χ1v) is 12.2. The molecule has 1 aromatic heterocycles. The Kier molecular flexibility index (Phi) is 7.27. The van der Waals surface area contributed by atoms with Gasteiger partial charge in [0, 0.05) is 18.0 Å². The van der Waals surface area contributed by atoms with Crippen molar-refractivity contribution in [2.75, 3.05) is 13.1 Å². The van der Waals surface area contributed by atoms with Crippen LogP contribution in [0.2, 0.25) is 0 Å². The number of carbonyl (C=O) groups excluding carboxylic acids is 2. The van der Waals surface area contributed by atoms with E-state index in [1.807, 2.05) is 17.5 Å². The Morgan fingerprint density at radius 2 is 1.93 bits per heavy atom. The number of nitrogens with zero attached hydrogens (tertiary/aromatic N) is 1. The third-order valence-electron chi connectivity index (χ3n) is 5.03. The van der Waals surface area contributed by atoms with Gasteiger partial charge in [0.1, 0.15) is 0 Å². The molecule has 7 nitrogen and oxygen atoms in total. The molecule has 1 N–H and O–H groups in total. The van der Waals surface area contributed by atoms with E-state index in [1.54, 1.807) is 13.0 Å². The fraction of sp³-hybridized carbons (Fsp3) is 0.429. The highest BCUT2D eigenvalue weighted by Crippen LogP contribution is 2.24. The first-order chi connectivity index (χ1) is 14.3. The van der Waals surface area contributed by atoms with Crippen molar-refractivity contribution in [3.05, 3.63) is 51.7 Å². The molecule has 1 aliphatic heterocycles. The van der Waals surface area contributed by atoms with Crippen molar-refractivity contribution in [1.82, 2.24) is 9.62 Å². The average molecular weight is 451 g/mol. The molecular formula is C21H26N2O5S2. The molecule has 30 heavy (non-hydrogen) atoms. The molecule has 1 aliphatic rings. The van der Waals surface area contributed by atoms with Gasteiger partial charge in [-0.1, -0.05) is 18.6 Å². The highest BCUT2D eigenvalue weighted by molar-refractivity contribution is 7.89. The van der Waals surface area contributed by atoms with Crippen LogP contribution in [-0.4, -0.2) is 43.8 Å². The Labute approximate surface area is 181 Å². The van der Waals surface area contributed by atoms with Crippen LogP contribution in [0.4, 0.5) is 0 Å². The van der Waals surface area contributed by atoms with Gasteiger partial charge in [0.15, 0.2) is 6.10 Å². The fourth-order valence-corrected chi connectivity index (χ4v) is 5.68. The zero-order valence-corrected chi connectivity index (χ0v) is 18.7. The fourth-order valence-electron chi connectivity index (χ4n) is 3.26. The number of piperidine rings is 1. The van der Waals surface area contributed by atoms with Crippen LogP contribution in [0.5, 0.6) is 0 Å². The molecule has 0 saturated carbocycles. The molecule has 1 aromatic carbocycles. The number of hydrogen-bond acceptors (Lipinski definition) is 6. The zero-order valence-electron chi connectivity index (χ0n) is 17.1. The van der Waals surface area contributed by atoms with Crippen molar-refractivity contribution in [3.8, 4) is 0 Å². The van der Waals surface area contributed by atoms with Crippen LogP contribution >= 0.6 is 11.3 Å². The SMILES string of the molecule is Cc1ccc(C(=O)OC(C)C(=O)NCc2cccs2)cc1S(=O)(=O)N1CCCCC1. The number of carbonyl (C=O) groups is 2. The van der Waals surface area contributed by atoms with Crippen molar-refractivity contribution in [3.63, 3.8) is 0 Å². The van der Waals surface area contributed by atoms with E-state index in [4.69, 9.17) is 4.74 Å². The first kappa shape index (κ1) is 22.5. The molecule has 2 heterocycles. The third kappa shape index (κ3) is 5.27. The maximum atomic E-state index is 13.0. The van der Waals surface area contributed by atoms with Crippen molar-refractivity contribution < 1.29 is 22.7 Å². The standard InChI is InChI=1S/C21H26N2O5S2/c1-15-8-9-17(13-19(15)30(26,27)23-10-4-3-5-11-23)21(25)28-16(2)20(24)22-14-18-7-6-12-29-18/h6-9,12-13,16H,3-5,10-11,14H2,1-2H3,(H,22,24). The lowest BCUT2D eigenvalue weighted by molar-refractivity contribution is -0.129. The van der Waals surface area contributed by atoms with Gasteiger partial charge in [-0.15, -0.1) is 11.3 Å². The van der Waals surface area contributed by atoms with E-state index in [9.17, 15) is 18.0 Å². The topological polar surface area (TPSA) is 92.8 Å². The van der Waals surface area contributed by atoms with Crippen LogP contribution in [0.1, 0.15) is 47.0 Å². The monoisotopic (exact) mass is 450 g/mol. The third-order valence-corrected chi connectivity index (χ3v) is 7.94. The minimum Gasteiger partial charge on any atom is -0.449 e. The van der Waals surface area contributed by atoms with Gasteiger partial charge in [-0.3, -0.25) is 4.79 Å². The molecule has 162 valence electrons. The number of thiophene rings is 1. The summed E-state index contributed by atoms with van der Waals surface area (Å²) >= 11 is 1.52. The number of ether oxygens (including phenoxy) is 1. The number of nitrogens with one attached hydrogen (secondary N) is 1. The van der Waals surface area contributed by atoms with Crippen LogP contribution in [0.15, 0.2) is 40.6 Å². The second kappa shape index (κ2) is 9.72. The number of hydrogen-bond donors (Lipinski definition) is 1. The van der Waals surface area contributed by atoms with Crippen LogP contribution in [0.3, 0.4) is 0 Å². The molecule has 1 amide bonds. The van der Waals surface area contributed by atoms with Crippen molar-refractivity contribution in [2.24, 2.45) is 0 Å². The molecule has 3 rings (SSSR count). The van der Waals surface area contributed by atoms with Gasteiger partial charge in [-0.05, 0) is 55.8 Å². The summed E-state index contributed by atoms with van der Waals surface area (Å²) in [7, 11) is -3.68. The number of esters is 1.